The zero-order chi connectivity index (χ0) is 16.7. The number of rotatable bonds is 7. The van der Waals surface area contributed by atoms with Crippen LogP contribution in [0.1, 0.15) is 35.7 Å². The minimum absolute atomic E-state index is 0.0409. The Morgan fingerprint density at radius 2 is 2.09 bits per heavy atom. The molecule has 0 aliphatic heterocycles. The number of benzene rings is 1. The molecule has 126 valence electrons. The molecule has 5 nitrogen and oxygen atoms in total. The Morgan fingerprint density at radius 3 is 2.74 bits per heavy atom. The fraction of sp³-hybridized carbons (Fsp3) is 0.556. The SMILES string of the molecule is CCNC(=NCC1CC1)NCCc1cccc(C(=O)N(C)C)c1. The molecule has 23 heavy (non-hydrogen) atoms. The van der Waals surface area contributed by atoms with Gasteiger partial charge in [0.25, 0.3) is 5.91 Å². The number of nitrogens with zero attached hydrogens (tertiary/aromatic N) is 2. The van der Waals surface area contributed by atoms with Gasteiger partial charge in [0.15, 0.2) is 5.96 Å². The molecule has 0 radical (unpaired) electrons. The van der Waals surface area contributed by atoms with Gasteiger partial charge in [0.2, 0.25) is 0 Å². The van der Waals surface area contributed by atoms with Gasteiger partial charge in [-0.2, -0.15) is 0 Å². The Hall–Kier alpha value is -2.04. The van der Waals surface area contributed by atoms with E-state index in [2.05, 4.69) is 28.6 Å². The van der Waals surface area contributed by atoms with Crippen molar-refractivity contribution in [2.24, 2.45) is 10.9 Å². The van der Waals surface area contributed by atoms with E-state index in [1.54, 1.807) is 19.0 Å². The van der Waals surface area contributed by atoms with Crippen LogP contribution in [-0.2, 0) is 6.42 Å². The molecule has 2 N–H and O–H groups in total. The second kappa shape index (κ2) is 8.56. The predicted molar refractivity (Wildman–Crippen MR) is 94.9 cm³/mol. The highest BCUT2D eigenvalue weighted by Crippen LogP contribution is 2.28. The summed E-state index contributed by atoms with van der Waals surface area (Å²) < 4.78 is 0. The molecule has 1 saturated carbocycles. The smallest absolute Gasteiger partial charge is 0.253 e. The molecule has 5 heteroatoms. The normalized spacial score (nSPS) is 14.5. The standard InChI is InChI=1S/C18H28N4O/c1-4-19-18(21-13-15-8-9-15)20-11-10-14-6-5-7-16(12-14)17(23)22(2)3/h5-7,12,15H,4,8-11,13H2,1-3H3,(H2,19,20,21). The van der Waals surface area contributed by atoms with E-state index in [4.69, 9.17) is 0 Å². The van der Waals surface area contributed by atoms with Gasteiger partial charge in [0, 0.05) is 39.3 Å². The highest BCUT2D eigenvalue weighted by atomic mass is 16.2. The molecule has 2 rings (SSSR count). The van der Waals surface area contributed by atoms with Gasteiger partial charge in [0.05, 0.1) is 0 Å². The summed E-state index contributed by atoms with van der Waals surface area (Å²) in [5, 5.41) is 6.64. The van der Waals surface area contributed by atoms with Gasteiger partial charge >= 0.3 is 0 Å². The lowest BCUT2D eigenvalue weighted by molar-refractivity contribution is 0.0827. The maximum Gasteiger partial charge on any atom is 0.253 e. The summed E-state index contributed by atoms with van der Waals surface area (Å²) in [5.74, 6) is 1.72. The summed E-state index contributed by atoms with van der Waals surface area (Å²) in [6, 6.07) is 7.83. The minimum atomic E-state index is 0.0409. The summed E-state index contributed by atoms with van der Waals surface area (Å²) >= 11 is 0. The van der Waals surface area contributed by atoms with Crippen LogP contribution >= 0.6 is 0 Å². The van der Waals surface area contributed by atoms with E-state index in [1.165, 1.54) is 12.8 Å². The molecule has 1 fully saturated rings. The van der Waals surface area contributed by atoms with E-state index in [1.807, 2.05) is 18.2 Å². The molecule has 0 heterocycles. The molecule has 0 spiro atoms. The number of aliphatic imine (C=N–C) groups is 1. The van der Waals surface area contributed by atoms with E-state index in [0.29, 0.717) is 0 Å². The van der Waals surface area contributed by atoms with Crippen LogP contribution in [0.2, 0.25) is 0 Å². The van der Waals surface area contributed by atoms with Gasteiger partial charge in [-0.25, -0.2) is 0 Å². The van der Waals surface area contributed by atoms with Gasteiger partial charge < -0.3 is 15.5 Å². The fourth-order valence-corrected chi connectivity index (χ4v) is 2.31. The Kier molecular flexibility index (Phi) is 6.44. The van der Waals surface area contributed by atoms with Crippen molar-refractivity contribution in [2.75, 3.05) is 33.7 Å². The summed E-state index contributed by atoms with van der Waals surface area (Å²) in [5.41, 5.74) is 1.89. The Balaban J connectivity index is 1.85. The molecule has 0 saturated heterocycles. The molecular weight excluding hydrogens is 288 g/mol. The fourth-order valence-electron chi connectivity index (χ4n) is 2.31. The number of carbonyl (C=O) groups excluding carboxylic acids is 1. The third-order valence-corrected chi connectivity index (χ3v) is 3.83. The Bertz CT molecular complexity index is 550. The zero-order valence-corrected chi connectivity index (χ0v) is 14.4. The van der Waals surface area contributed by atoms with Crippen LogP contribution < -0.4 is 10.6 Å². The minimum Gasteiger partial charge on any atom is -0.357 e. The van der Waals surface area contributed by atoms with Crippen molar-refractivity contribution in [3.63, 3.8) is 0 Å². The van der Waals surface area contributed by atoms with Crippen LogP contribution in [0.3, 0.4) is 0 Å². The third-order valence-electron chi connectivity index (χ3n) is 3.83. The van der Waals surface area contributed by atoms with Crippen molar-refractivity contribution in [1.29, 1.82) is 0 Å². The van der Waals surface area contributed by atoms with Crippen LogP contribution in [-0.4, -0.2) is 50.5 Å². The van der Waals surface area contributed by atoms with Crippen molar-refractivity contribution in [2.45, 2.75) is 26.2 Å². The summed E-state index contributed by atoms with van der Waals surface area (Å²) in [6.07, 6.45) is 3.49. The summed E-state index contributed by atoms with van der Waals surface area (Å²) in [7, 11) is 3.55. The molecule has 1 aromatic rings. The number of amides is 1. The molecule has 1 aliphatic rings. The van der Waals surface area contributed by atoms with Crippen LogP contribution in [0.5, 0.6) is 0 Å². The van der Waals surface area contributed by atoms with Crippen molar-refractivity contribution < 1.29 is 4.79 Å². The van der Waals surface area contributed by atoms with E-state index in [9.17, 15) is 4.79 Å². The molecule has 0 bridgehead atoms. The van der Waals surface area contributed by atoms with Gasteiger partial charge in [-0.1, -0.05) is 12.1 Å². The molecule has 0 unspecified atom stereocenters. The second-order valence-electron chi connectivity index (χ2n) is 6.24. The van der Waals surface area contributed by atoms with E-state index < -0.39 is 0 Å². The maximum absolute atomic E-state index is 12.0. The van der Waals surface area contributed by atoms with Crippen molar-refractivity contribution >= 4 is 11.9 Å². The second-order valence-corrected chi connectivity index (χ2v) is 6.24. The number of nitrogens with one attached hydrogen (secondary N) is 2. The summed E-state index contributed by atoms with van der Waals surface area (Å²) in [4.78, 5) is 18.2. The van der Waals surface area contributed by atoms with Gasteiger partial charge in [-0.05, 0) is 49.8 Å². The largest absolute Gasteiger partial charge is 0.357 e. The van der Waals surface area contributed by atoms with Crippen molar-refractivity contribution in [3.05, 3.63) is 35.4 Å². The predicted octanol–water partition coefficient (Wildman–Crippen LogP) is 1.90. The number of hydrogen-bond acceptors (Lipinski definition) is 2. The topological polar surface area (TPSA) is 56.7 Å². The Morgan fingerprint density at radius 1 is 1.30 bits per heavy atom. The number of carbonyl (C=O) groups is 1. The molecule has 1 aromatic carbocycles. The van der Waals surface area contributed by atoms with Gasteiger partial charge in [0.1, 0.15) is 0 Å². The molecule has 0 aromatic heterocycles. The first-order valence-electron chi connectivity index (χ1n) is 8.43. The molecule has 1 amide bonds. The van der Waals surface area contributed by atoms with Crippen molar-refractivity contribution in [3.8, 4) is 0 Å². The van der Waals surface area contributed by atoms with Crippen molar-refractivity contribution in [1.82, 2.24) is 15.5 Å². The summed E-state index contributed by atoms with van der Waals surface area (Å²) in [6.45, 7) is 4.66. The first-order chi connectivity index (χ1) is 11.1. The monoisotopic (exact) mass is 316 g/mol. The maximum atomic E-state index is 12.0. The first kappa shape index (κ1) is 17.3. The van der Waals surface area contributed by atoms with Gasteiger partial charge in [-0.3, -0.25) is 9.79 Å². The molecule has 1 aliphatic carbocycles. The zero-order valence-electron chi connectivity index (χ0n) is 14.4. The quantitative estimate of drug-likeness (QED) is 0.597. The van der Waals surface area contributed by atoms with E-state index in [0.717, 1.165) is 49.1 Å². The number of guanidine groups is 1. The lowest BCUT2D eigenvalue weighted by Crippen LogP contribution is -2.38. The molecular formula is C18H28N4O. The van der Waals surface area contributed by atoms with Crippen LogP contribution in [0.4, 0.5) is 0 Å². The molecule has 0 atom stereocenters. The Labute approximate surface area is 139 Å². The average molecular weight is 316 g/mol. The van der Waals surface area contributed by atoms with Gasteiger partial charge in [-0.15, -0.1) is 0 Å². The first-order valence-corrected chi connectivity index (χ1v) is 8.43. The lowest BCUT2D eigenvalue weighted by atomic mass is 10.1. The third kappa shape index (κ3) is 5.93. The van der Waals surface area contributed by atoms with Crippen LogP contribution in [0, 0.1) is 5.92 Å². The lowest BCUT2D eigenvalue weighted by Gasteiger charge is -2.13. The van der Waals surface area contributed by atoms with E-state index in [-0.39, 0.29) is 5.91 Å². The van der Waals surface area contributed by atoms with Crippen LogP contribution in [0.15, 0.2) is 29.3 Å². The highest BCUT2D eigenvalue weighted by Gasteiger charge is 2.20. The van der Waals surface area contributed by atoms with E-state index >= 15 is 0 Å². The van der Waals surface area contributed by atoms with Crippen LogP contribution in [0.25, 0.3) is 0 Å². The highest BCUT2D eigenvalue weighted by molar-refractivity contribution is 5.94. The number of hydrogen-bond donors (Lipinski definition) is 2. The average Bonchev–Trinajstić information content (AvgIpc) is 3.36.